The van der Waals surface area contributed by atoms with E-state index >= 15 is 0 Å². The molecule has 0 fully saturated rings. The number of halogens is 2. The van der Waals surface area contributed by atoms with Crippen LogP contribution in [-0.2, 0) is 11.3 Å². The van der Waals surface area contributed by atoms with Crippen LogP contribution in [0.1, 0.15) is 29.3 Å². The third-order valence-electron chi connectivity index (χ3n) is 4.01. The molecule has 0 unspecified atom stereocenters. The van der Waals surface area contributed by atoms with Crippen molar-refractivity contribution in [2.75, 3.05) is 18.6 Å². The minimum Gasteiger partial charge on any atom is -0.493 e. The van der Waals surface area contributed by atoms with Crippen LogP contribution >= 0.6 is 31.9 Å². The summed E-state index contributed by atoms with van der Waals surface area (Å²) in [6.07, 6.45) is 0.898. The lowest BCUT2D eigenvalue weighted by atomic mass is 10.1. The summed E-state index contributed by atoms with van der Waals surface area (Å²) in [6, 6.07) is 9.01. The normalized spacial score (nSPS) is 13.2. The molecule has 2 aromatic rings. The van der Waals surface area contributed by atoms with Gasteiger partial charge in [0.25, 0.3) is 11.7 Å². The molecule has 1 aliphatic heterocycles. The van der Waals surface area contributed by atoms with Gasteiger partial charge < -0.3 is 9.47 Å². The first kappa shape index (κ1) is 18.9. The summed E-state index contributed by atoms with van der Waals surface area (Å²) in [4.78, 5) is 26.3. The number of carbonyl (C=O) groups is 2. The molecule has 0 radical (unpaired) electrons. The molecular weight excluding hydrogens is 466 g/mol. The number of ketones is 1. The molecule has 3 rings (SSSR count). The molecule has 0 saturated heterocycles. The molecule has 0 aromatic heterocycles. The first-order valence-electron chi connectivity index (χ1n) is 8.11. The molecule has 7 heteroatoms. The Morgan fingerprint density at radius 3 is 2.54 bits per heavy atom. The van der Waals surface area contributed by atoms with Gasteiger partial charge in [-0.15, -0.1) is 0 Å². The highest BCUT2D eigenvalue weighted by Crippen LogP contribution is 2.40. The SMILES string of the molecule is CCCOc1ccc(CN2C(=O)C(=O)c3cc(Br)cc(Br)c32)cc1OC. The van der Waals surface area contributed by atoms with Crippen molar-refractivity contribution in [1.29, 1.82) is 0 Å². The van der Waals surface area contributed by atoms with Crippen LogP contribution in [0, 0.1) is 0 Å². The first-order chi connectivity index (χ1) is 12.5. The van der Waals surface area contributed by atoms with Gasteiger partial charge in [-0.3, -0.25) is 14.5 Å². The van der Waals surface area contributed by atoms with Crippen molar-refractivity contribution in [1.82, 2.24) is 0 Å². The zero-order valence-electron chi connectivity index (χ0n) is 14.3. The largest absolute Gasteiger partial charge is 0.493 e. The van der Waals surface area contributed by atoms with E-state index in [1.807, 2.05) is 31.2 Å². The fraction of sp³-hybridized carbons (Fsp3) is 0.263. The standard InChI is InChI=1S/C19H17Br2NO4/c1-3-6-26-15-5-4-11(7-16(15)25-2)10-22-17-13(18(23)19(22)24)8-12(20)9-14(17)21/h4-5,7-9H,3,6,10H2,1-2H3. The molecule has 0 N–H and O–H groups in total. The van der Waals surface area contributed by atoms with E-state index in [1.165, 1.54) is 4.90 Å². The van der Waals surface area contributed by atoms with Gasteiger partial charge in [0.1, 0.15) is 0 Å². The van der Waals surface area contributed by atoms with Gasteiger partial charge in [-0.05, 0) is 52.2 Å². The summed E-state index contributed by atoms with van der Waals surface area (Å²) < 4.78 is 12.5. The van der Waals surface area contributed by atoms with Gasteiger partial charge in [-0.2, -0.15) is 0 Å². The zero-order chi connectivity index (χ0) is 18.8. The van der Waals surface area contributed by atoms with Crippen molar-refractivity contribution in [2.24, 2.45) is 0 Å². The van der Waals surface area contributed by atoms with Gasteiger partial charge >= 0.3 is 0 Å². The Kier molecular flexibility index (Phi) is 5.67. The summed E-state index contributed by atoms with van der Waals surface area (Å²) in [5.74, 6) is 0.220. The van der Waals surface area contributed by atoms with E-state index in [-0.39, 0.29) is 6.54 Å². The molecule has 2 aromatic carbocycles. The predicted octanol–water partition coefficient (Wildman–Crippen LogP) is 4.74. The van der Waals surface area contributed by atoms with Crippen molar-refractivity contribution < 1.29 is 19.1 Å². The molecule has 0 spiro atoms. The monoisotopic (exact) mass is 481 g/mol. The fourth-order valence-electron chi connectivity index (χ4n) is 2.83. The average Bonchev–Trinajstić information content (AvgIpc) is 2.85. The smallest absolute Gasteiger partial charge is 0.299 e. The molecule has 1 heterocycles. The maximum atomic E-state index is 12.5. The van der Waals surface area contributed by atoms with E-state index in [2.05, 4.69) is 31.9 Å². The number of ether oxygens (including phenoxy) is 2. The third-order valence-corrected chi connectivity index (χ3v) is 5.07. The number of hydrogen-bond acceptors (Lipinski definition) is 4. The number of Topliss-reactive ketones (excluding diaryl/α,β-unsaturated/α-hetero) is 1. The Morgan fingerprint density at radius 1 is 1.08 bits per heavy atom. The average molecular weight is 483 g/mol. The van der Waals surface area contributed by atoms with Crippen molar-refractivity contribution >= 4 is 49.2 Å². The van der Waals surface area contributed by atoms with E-state index in [9.17, 15) is 9.59 Å². The van der Waals surface area contributed by atoms with Crippen molar-refractivity contribution in [3.05, 3.63) is 50.4 Å². The van der Waals surface area contributed by atoms with E-state index in [4.69, 9.17) is 9.47 Å². The van der Waals surface area contributed by atoms with Crippen molar-refractivity contribution in [3.8, 4) is 11.5 Å². The van der Waals surface area contributed by atoms with Crippen LogP contribution < -0.4 is 14.4 Å². The van der Waals surface area contributed by atoms with E-state index < -0.39 is 11.7 Å². The maximum Gasteiger partial charge on any atom is 0.299 e. The van der Waals surface area contributed by atoms with Gasteiger partial charge in [0.15, 0.2) is 11.5 Å². The fourth-order valence-corrected chi connectivity index (χ4v) is 4.27. The van der Waals surface area contributed by atoms with Crippen LogP contribution in [0.25, 0.3) is 0 Å². The molecule has 136 valence electrons. The Bertz CT molecular complexity index is 882. The molecular formula is C19H17Br2NO4. The number of carbonyl (C=O) groups excluding carboxylic acids is 2. The summed E-state index contributed by atoms with van der Waals surface area (Å²) in [5.41, 5.74) is 1.83. The number of hydrogen-bond donors (Lipinski definition) is 0. The van der Waals surface area contributed by atoms with Crippen LogP contribution in [0.5, 0.6) is 11.5 Å². The minimum atomic E-state index is -0.538. The molecule has 26 heavy (non-hydrogen) atoms. The van der Waals surface area contributed by atoms with Gasteiger partial charge in [0.05, 0.1) is 31.5 Å². The number of nitrogens with zero attached hydrogens (tertiary/aromatic N) is 1. The molecule has 1 aliphatic rings. The Hall–Kier alpha value is -1.86. The van der Waals surface area contributed by atoms with Crippen LogP contribution in [0.4, 0.5) is 5.69 Å². The minimum absolute atomic E-state index is 0.266. The highest BCUT2D eigenvalue weighted by Gasteiger charge is 2.37. The quantitative estimate of drug-likeness (QED) is 0.558. The molecule has 0 saturated carbocycles. The van der Waals surface area contributed by atoms with E-state index in [0.29, 0.717) is 33.8 Å². The lowest BCUT2D eigenvalue weighted by Gasteiger charge is -2.19. The second-order valence-electron chi connectivity index (χ2n) is 5.84. The highest BCUT2D eigenvalue weighted by atomic mass is 79.9. The van der Waals surface area contributed by atoms with Crippen LogP contribution in [-0.4, -0.2) is 25.4 Å². The number of fused-ring (bicyclic) bond motifs is 1. The molecule has 0 bridgehead atoms. The lowest BCUT2D eigenvalue weighted by Crippen LogP contribution is -2.29. The van der Waals surface area contributed by atoms with Crippen molar-refractivity contribution in [3.63, 3.8) is 0 Å². The number of anilines is 1. The number of benzene rings is 2. The van der Waals surface area contributed by atoms with Gasteiger partial charge in [0, 0.05) is 8.95 Å². The van der Waals surface area contributed by atoms with Gasteiger partial charge in [0.2, 0.25) is 0 Å². The number of amides is 1. The Balaban J connectivity index is 1.93. The summed E-state index contributed by atoms with van der Waals surface area (Å²) >= 11 is 6.81. The van der Waals surface area contributed by atoms with Gasteiger partial charge in [-0.1, -0.05) is 28.9 Å². The third kappa shape index (κ3) is 3.50. The predicted molar refractivity (Wildman–Crippen MR) is 106 cm³/mol. The molecule has 1 amide bonds. The summed E-state index contributed by atoms with van der Waals surface area (Å²) in [7, 11) is 1.58. The summed E-state index contributed by atoms with van der Waals surface area (Å²) in [6.45, 7) is 2.90. The highest BCUT2D eigenvalue weighted by molar-refractivity contribution is 9.11. The lowest BCUT2D eigenvalue weighted by molar-refractivity contribution is -0.114. The molecule has 0 atom stereocenters. The number of methoxy groups -OCH3 is 1. The zero-order valence-corrected chi connectivity index (χ0v) is 17.5. The Labute approximate surface area is 168 Å². The van der Waals surface area contributed by atoms with Crippen molar-refractivity contribution in [2.45, 2.75) is 19.9 Å². The van der Waals surface area contributed by atoms with Crippen LogP contribution in [0.2, 0.25) is 0 Å². The van der Waals surface area contributed by atoms with Gasteiger partial charge in [-0.25, -0.2) is 0 Å². The summed E-state index contributed by atoms with van der Waals surface area (Å²) in [5, 5.41) is 0. The molecule has 5 nitrogen and oxygen atoms in total. The second-order valence-corrected chi connectivity index (χ2v) is 7.61. The topological polar surface area (TPSA) is 55.8 Å². The van der Waals surface area contributed by atoms with E-state index in [0.717, 1.165) is 16.5 Å². The first-order valence-corrected chi connectivity index (χ1v) is 9.69. The van der Waals surface area contributed by atoms with E-state index in [1.54, 1.807) is 13.2 Å². The number of rotatable bonds is 6. The second kappa shape index (κ2) is 7.80. The maximum absolute atomic E-state index is 12.5. The molecule has 0 aliphatic carbocycles. The van der Waals surface area contributed by atoms with Crippen LogP contribution in [0.15, 0.2) is 39.3 Å². The Morgan fingerprint density at radius 2 is 1.85 bits per heavy atom. The van der Waals surface area contributed by atoms with Crippen LogP contribution in [0.3, 0.4) is 0 Å².